The van der Waals surface area contributed by atoms with Crippen LogP contribution in [0.25, 0.3) is 0 Å². The first kappa shape index (κ1) is 10.8. The second-order valence-electron chi connectivity index (χ2n) is 6.19. The number of allylic oxidation sites excluding steroid dienone is 2. The van der Waals surface area contributed by atoms with E-state index in [9.17, 15) is 0 Å². The third-order valence-electron chi connectivity index (χ3n) is 4.82. The molecule has 0 aromatic rings. The van der Waals surface area contributed by atoms with Crippen LogP contribution in [0.2, 0.25) is 0 Å². The van der Waals surface area contributed by atoms with Gasteiger partial charge in [-0.15, -0.1) is 0 Å². The Labute approximate surface area is 99.3 Å². The van der Waals surface area contributed by atoms with Crippen molar-refractivity contribution in [2.45, 2.75) is 12.8 Å². The van der Waals surface area contributed by atoms with Crippen LogP contribution in [-0.4, -0.2) is 50.1 Å². The minimum absolute atomic E-state index is 0.939. The van der Waals surface area contributed by atoms with Crippen LogP contribution in [0.3, 0.4) is 0 Å². The van der Waals surface area contributed by atoms with Gasteiger partial charge in [-0.1, -0.05) is 12.2 Å². The van der Waals surface area contributed by atoms with Crippen molar-refractivity contribution in [3.63, 3.8) is 0 Å². The Morgan fingerprint density at radius 2 is 1.75 bits per heavy atom. The molecule has 0 aromatic carbocycles. The molecule has 1 aliphatic heterocycles. The van der Waals surface area contributed by atoms with Crippen molar-refractivity contribution in [3.8, 4) is 0 Å². The Kier molecular flexibility index (Phi) is 2.80. The van der Waals surface area contributed by atoms with Gasteiger partial charge in [0.1, 0.15) is 0 Å². The van der Waals surface area contributed by atoms with Crippen LogP contribution in [0, 0.1) is 23.7 Å². The first-order chi connectivity index (χ1) is 7.74. The van der Waals surface area contributed by atoms with Gasteiger partial charge in [-0.2, -0.15) is 0 Å². The summed E-state index contributed by atoms with van der Waals surface area (Å²) in [5.41, 5.74) is 0. The van der Waals surface area contributed by atoms with E-state index in [0.29, 0.717) is 0 Å². The van der Waals surface area contributed by atoms with Crippen LogP contribution in [-0.2, 0) is 0 Å². The Morgan fingerprint density at radius 1 is 1.12 bits per heavy atom. The summed E-state index contributed by atoms with van der Waals surface area (Å²) in [4.78, 5) is 5.01. The molecule has 0 amide bonds. The fraction of sp³-hybridized carbons (Fsp3) is 0.857. The van der Waals surface area contributed by atoms with E-state index in [1.807, 2.05) is 0 Å². The second-order valence-corrected chi connectivity index (χ2v) is 6.19. The normalized spacial score (nSPS) is 41.2. The molecule has 0 aromatic heterocycles. The van der Waals surface area contributed by atoms with Crippen molar-refractivity contribution < 1.29 is 0 Å². The van der Waals surface area contributed by atoms with Crippen molar-refractivity contribution in [1.29, 1.82) is 0 Å². The van der Waals surface area contributed by atoms with Gasteiger partial charge in [0.05, 0.1) is 0 Å². The van der Waals surface area contributed by atoms with Gasteiger partial charge in [0.2, 0.25) is 0 Å². The third kappa shape index (κ3) is 1.82. The maximum atomic E-state index is 2.71. The quantitative estimate of drug-likeness (QED) is 0.665. The van der Waals surface area contributed by atoms with Crippen LogP contribution in [0.15, 0.2) is 12.2 Å². The molecule has 2 fully saturated rings. The molecule has 90 valence electrons. The Morgan fingerprint density at radius 3 is 2.31 bits per heavy atom. The maximum absolute atomic E-state index is 2.71. The Balaban J connectivity index is 1.48. The summed E-state index contributed by atoms with van der Waals surface area (Å²) in [6.45, 7) is 5.30. The lowest BCUT2D eigenvalue weighted by molar-refractivity contribution is 0.276. The zero-order valence-corrected chi connectivity index (χ0v) is 10.6. The van der Waals surface area contributed by atoms with Gasteiger partial charge in [0.15, 0.2) is 0 Å². The summed E-state index contributed by atoms with van der Waals surface area (Å²) in [7, 11) is 4.34. The van der Waals surface area contributed by atoms with E-state index in [1.165, 1.54) is 39.0 Å². The van der Waals surface area contributed by atoms with E-state index in [-0.39, 0.29) is 0 Å². The average Bonchev–Trinajstić information content (AvgIpc) is 2.87. The zero-order chi connectivity index (χ0) is 11.1. The molecule has 16 heavy (non-hydrogen) atoms. The second kappa shape index (κ2) is 4.15. The van der Waals surface area contributed by atoms with Crippen molar-refractivity contribution in [1.82, 2.24) is 9.80 Å². The van der Waals surface area contributed by atoms with E-state index < -0.39 is 0 Å². The molecular weight excluding hydrogens is 196 g/mol. The van der Waals surface area contributed by atoms with Crippen LogP contribution >= 0.6 is 0 Å². The van der Waals surface area contributed by atoms with Crippen molar-refractivity contribution in [3.05, 3.63) is 12.2 Å². The molecule has 3 rings (SSSR count). The fourth-order valence-electron chi connectivity index (χ4n) is 4.03. The van der Waals surface area contributed by atoms with Gasteiger partial charge >= 0.3 is 0 Å². The fourth-order valence-corrected chi connectivity index (χ4v) is 4.03. The van der Waals surface area contributed by atoms with Crippen LogP contribution in [0.5, 0.6) is 0 Å². The topological polar surface area (TPSA) is 6.48 Å². The highest BCUT2D eigenvalue weighted by Crippen LogP contribution is 2.51. The first-order valence-electron chi connectivity index (χ1n) is 6.79. The van der Waals surface area contributed by atoms with Gasteiger partial charge in [0, 0.05) is 13.1 Å². The monoisotopic (exact) mass is 220 g/mol. The molecular formula is C14H24N2. The summed E-state index contributed by atoms with van der Waals surface area (Å²) in [6.07, 6.45) is 7.79. The molecule has 2 heteroatoms. The van der Waals surface area contributed by atoms with Crippen molar-refractivity contribution in [2.75, 3.05) is 40.3 Å². The van der Waals surface area contributed by atoms with E-state index in [4.69, 9.17) is 0 Å². The van der Waals surface area contributed by atoms with Crippen LogP contribution < -0.4 is 0 Å². The molecule has 2 aliphatic carbocycles. The van der Waals surface area contributed by atoms with Gasteiger partial charge in [0.25, 0.3) is 0 Å². The molecule has 3 aliphatic rings. The maximum Gasteiger partial charge on any atom is 0.00188 e. The summed E-state index contributed by atoms with van der Waals surface area (Å²) in [5, 5.41) is 0. The number of nitrogens with zero attached hydrogens (tertiary/aromatic N) is 2. The number of hydrogen-bond donors (Lipinski definition) is 0. The molecule has 1 saturated carbocycles. The molecule has 0 radical (unpaired) electrons. The largest absolute Gasteiger partial charge is 0.309 e. The predicted molar refractivity (Wildman–Crippen MR) is 67.3 cm³/mol. The molecule has 1 heterocycles. The molecule has 2 nitrogen and oxygen atoms in total. The predicted octanol–water partition coefficient (Wildman–Crippen LogP) is 1.69. The van der Waals surface area contributed by atoms with Crippen molar-refractivity contribution in [2.24, 2.45) is 23.7 Å². The molecule has 0 spiro atoms. The SMILES string of the molecule is CN(C)CCCN1C[C@@H]2[C@@H](C1)[C@H]1C=C[C@@H]2C1. The van der Waals surface area contributed by atoms with Gasteiger partial charge in [-0.25, -0.2) is 0 Å². The Bertz CT molecular complexity index is 264. The standard InChI is InChI=1S/C14H24N2/c1-15(2)6-3-7-16-9-13-11-4-5-12(8-11)14(13)10-16/h4-5,11-14H,3,6-10H2,1-2H3/t11-,12+,13-,14-/m0/s1. The summed E-state index contributed by atoms with van der Waals surface area (Å²) < 4.78 is 0. The minimum Gasteiger partial charge on any atom is -0.309 e. The van der Waals surface area contributed by atoms with E-state index in [0.717, 1.165) is 23.7 Å². The number of likely N-dealkylation sites (tertiary alicyclic amines) is 1. The Hall–Kier alpha value is -0.340. The van der Waals surface area contributed by atoms with Gasteiger partial charge in [-0.05, 0) is 63.7 Å². The highest BCUT2D eigenvalue weighted by atomic mass is 15.2. The number of hydrogen-bond acceptors (Lipinski definition) is 2. The van der Waals surface area contributed by atoms with E-state index in [2.05, 4.69) is 36.0 Å². The highest BCUT2D eigenvalue weighted by molar-refractivity contribution is 5.16. The lowest BCUT2D eigenvalue weighted by Gasteiger charge is -2.19. The van der Waals surface area contributed by atoms with E-state index >= 15 is 0 Å². The average molecular weight is 220 g/mol. The van der Waals surface area contributed by atoms with Gasteiger partial charge in [-0.3, -0.25) is 0 Å². The van der Waals surface area contributed by atoms with Gasteiger partial charge < -0.3 is 9.80 Å². The zero-order valence-electron chi connectivity index (χ0n) is 10.6. The molecule has 0 N–H and O–H groups in total. The lowest BCUT2D eigenvalue weighted by atomic mass is 9.86. The molecule has 1 saturated heterocycles. The van der Waals surface area contributed by atoms with Crippen molar-refractivity contribution >= 4 is 0 Å². The number of rotatable bonds is 4. The molecule has 0 unspecified atom stereocenters. The molecule has 2 bridgehead atoms. The third-order valence-corrected chi connectivity index (χ3v) is 4.82. The summed E-state index contributed by atoms with van der Waals surface area (Å²) in [6, 6.07) is 0. The van der Waals surface area contributed by atoms with E-state index in [1.54, 1.807) is 0 Å². The minimum atomic E-state index is 0.939. The smallest absolute Gasteiger partial charge is 0.00188 e. The number of fused-ring (bicyclic) bond motifs is 5. The van der Waals surface area contributed by atoms with Crippen LogP contribution in [0.1, 0.15) is 12.8 Å². The summed E-state index contributed by atoms with van der Waals surface area (Å²) in [5.74, 6) is 3.89. The highest BCUT2D eigenvalue weighted by Gasteiger charge is 2.48. The van der Waals surface area contributed by atoms with Crippen LogP contribution in [0.4, 0.5) is 0 Å². The summed E-state index contributed by atoms with van der Waals surface area (Å²) >= 11 is 0. The molecule has 4 atom stereocenters. The lowest BCUT2D eigenvalue weighted by Crippen LogP contribution is -2.27. The first-order valence-corrected chi connectivity index (χ1v) is 6.79.